The minimum atomic E-state index is -5.02. The van der Waals surface area contributed by atoms with Crippen LogP contribution in [0.2, 0.25) is 0 Å². The first-order valence-electron chi connectivity index (χ1n) is 4.70. The van der Waals surface area contributed by atoms with Crippen molar-refractivity contribution in [1.29, 1.82) is 5.26 Å². The van der Waals surface area contributed by atoms with Crippen molar-refractivity contribution in [3.05, 3.63) is 23.5 Å². The van der Waals surface area contributed by atoms with Crippen molar-refractivity contribution >= 4 is 5.97 Å². The zero-order chi connectivity index (χ0) is 13.8. The van der Waals surface area contributed by atoms with Gasteiger partial charge in [0, 0.05) is 12.4 Å². The Balaban J connectivity index is 3.26. The van der Waals surface area contributed by atoms with Crippen LogP contribution in [0.5, 0.6) is 5.75 Å². The number of hydrogen-bond donors (Lipinski definition) is 0. The fourth-order valence-electron chi connectivity index (χ4n) is 1.11. The highest BCUT2D eigenvalue weighted by Crippen LogP contribution is 2.29. The monoisotopic (exact) mass is 260 g/mol. The summed E-state index contributed by atoms with van der Waals surface area (Å²) in [6.07, 6.45) is -3.31. The van der Waals surface area contributed by atoms with E-state index in [1.165, 1.54) is 13.0 Å². The van der Waals surface area contributed by atoms with Crippen LogP contribution in [0.1, 0.15) is 22.8 Å². The molecule has 0 radical (unpaired) electrons. The molecule has 0 amide bonds. The molecule has 0 aliphatic heterocycles. The van der Waals surface area contributed by atoms with Crippen LogP contribution in [-0.2, 0) is 4.74 Å². The van der Waals surface area contributed by atoms with E-state index in [4.69, 9.17) is 5.26 Å². The molecule has 1 aromatic heterocycles. The molecule has 5 nitrogen and oxygen atoms in total. The Kier molecular flexibility index (Phi) is 4.09. The van der Waals surface area contributed by atoms with Crippen LogP contribution < -0.4 is 4.74 Å². The second-order valence-electron chi connectivity index (χ2n) is 2.94. The molecule has 8 heteroatoms. The number of nitrogens with zero attached hydrogens (tertiary/aromatic N) is 2. The van der Waals surface area contributed by atoms with E-state index >= 15 is 0 Å². The Bertz CT molecular complexity index is 494. The van der Waals surface area contributed by atoms with Crippen molar-refractivity contribution in [3.63, 3.8) is 0 Å². The molecule has 0 aromatic carbocycles. The predicted molar refractivity (Wildman–Crippen MR) is 51.6 cm³/mol. The lowest BCUT2D eigenvalue weighted by Gasteiger charge is -2.13. The maximum Gasteiger partial charge on any atom is 0.573 e. The van der Waals surface area contributed by atoms with Gasteiger partial charge in [0.25, 0.3) is 0 Å². The van der Waals surface area contributed by atoms with Crippen LogP contribution in [0.4, 0.5) is 13.2 Å². The van der Waals surface area contributed by atoms with Crippen LogP contribution in [0.15, 0.2) is 12.4 Å². The Morgan fingerprint density at radius 1 is 1.50 bits per heavy atom. The molecule has 1 aromatic rings. The van der Waals surface area contributed by atoms with E-state index in [0.717, 1.165) is 12.4 Å². The second-order valence-corrected chi connectivity index (χ2v) is 2.94. The van der Waals surface area contributed by atoms with E-state index in [9.17, 15) is 18.0 Å². The van der Waals surface area contributed by atoms with Gasteiger partial charge in [0.05, 0.1) is 6.61 Å². The van der Waals surface area contributed by atoms with Crippen LogP contribution >= 0.6 is 0 Å². The smallest absolute Gasteiger partial charge is 0.462 e. The lowest BCUT2D eigenvalue weighted by Crippen LogP contribution is -2.20. The first-order valence-corrected chi connectivity index (χ1v) is 4.70. The predicted octanol–water partition coefficient (Wildman–Crippen LogP) is 2.03. The van der Waals surface area contributed by atoms with Crippen molar-refractivity contribution in [2.24, 2.45) is 0 Å². The van der Waals surface area contributed by atoms with Gasteiger partial charge in [-0.1, -0.05) is 0 Å². The minimum absolute atomic E-state index is 0.0267. The first-order chi connectivity index (χ1) is 8.39. The number of pyridine rings is 1. The number of alkyl halides is 3. The molecule has 0 aliphatic rings. The lowest BCUT2D eigenvalue weighted by atomic mass is 10.2. The fraction of sp³-hybridized carbons (Fsp3) is 0.300. The number of carbonyl (C=O) groups excluding carboxylic acids is 1. The van der Waals surface area contributed by atoms with Crippen molar-refractivity contribution < 1.29 is 27.4 Å². The summed E-state index contributed by atoms with van der Waals surface area (Å²) < 4.78 is 44.8. The van der Waals surface area contributed by atoms with Gasteiger partial charge in [-0.05, 0) is 6.92 Å². The van der Waals surface area contributed by atoms with E-state index in [1.807, 2.05) is 0 Å². The average molecular weight is 260 g/mol. The molecule has 0 spiro atoms. The third kappa shape index (κ3) is 3.35. The molecule has 0 fully saturated rings. The molecule has 96 valence electrons. The summed E-state index contributed by atoms with van der Waals surface area (Å²) in [5.74, 6) is -1.94. The number of halogens is 3. The third-order valence-electron chi connectivity index (χ3n) is 1.73. The van der Waals surface area contributed by atoms with Crippen LogP contribution in [0, 0.1) is 11.3 Å². The number of rotatable bonds is 3. The SMILES string of the molecule is CCOC(=O)c1cncc(C#N)c1OC(F)(F)F. The Hall–Kier alpha value is -2.30. The van der Waals surface area contributed by atoms with Gasteiger partial charge >= 0.3 is 12.3 Å². The number of carbonyl (C=O) groups is 1. The molecule has 18 heavy (non-hydrogen) atoms. The summed E-state index contributed by atoms with van der Waals surface area (Å²) in [4.78, 5) is 14.9. The highest BCUT2D eigenvalue weighted by atomic mass is 19.4. The highest BCUT2D eigenvalue weighted by molar-refractivity contribution is 5.93. The van der Waals surface area contributed by atoms with E-state index in [1.54, 1.807) is 0 Å². The van der Waals surface area contributed by atoms with Crippen molar-refractivity contribution in [3.8, 4) is 11.8 Å². The maximum absolute atomic E-state index is 12.2. The largest absolute Gasteiger partial charge is 0.573 e. The van der Waals surface area contributed by atoms with Gasteiger partial charge in [-0.25, -0.2) is 4.79 Å². The Morgan fingerprint density at radius 2 is 2.17 bits per heavy atom. The van der Waals surface area contributed by atoms with Gasteiger partial charge in [-0.2, -0.15) is 5.26 Å². The molecule has 0 N–H and O–H groups in total. The molecular weight excluding hydrogens is 253 g/mol. The molecule has 0 saturated heterocycles. The van der Waals surface area contributed by atoms with Gasteiger partial charge in [0.2, 0.25) is 0 Å². The zero-order valence-electron chi connectivity index (χ0n) is 9.11. The Labute approximate surface area is 99.8 Å². The van der Waals surface area contributed by atoms with Gasteiger partial charge < -0.3 is 9.47 Å². The highest BCUT2D eigenvalue weighted by Gasteiger charge is 2.34. The number of aromatic nitrogens is 1. The van der Waals surface area contributed by atoms with Crippen molar-refractivity contribution in [2.45, 2.75) is 13.3 Å². The van der Waals surface area contributed by atoms with Gasteiger partial charge in [0.1, 0.15) is 17.2 Å². The number of esters is 1. The maximum atomic E-state index is 12.2. The van der Waals surface area contributed by atoms with E-state index < -0.39 is 29.2 Å². The molecule has 0 bridgehead atoms. The van der Waals surface area contributed by atoms with Crippen LogP contribution in [-0.4, -0.2) is 23.9 Å². The molecule has 1 heterocycles. The van der Waals surface area contributed by atoms with E-state index in [0.29, 0.717) is 0 Å². The summed E-state index contributed by atoms with van der Waals surface area (Å²) in [5.41, 5.74) is -1.05. The lowest BCUT2D eigenvalue weighted by molar-refractivity contribution is -0.274. The summed E-state index contributed by atoms with van der Waals surface area (Å²) >= 11 is 0. The average Bonchev–Trinajstić information content (AvgIpc) is 2.27. The number of ether oxygens (including phenoxy) is 2. The molecule has 0 saturated carbocycles. The fourth-order valence-corrected chi connectivity index (χ4v) is 1.11. The third-order valence-corrected chi connectivity index (χ3v) is 1.73. The first kappa shape index (κ1) is 13.8. The van der Waals surface area contributed by atoms with Gasteiger partial charge in [-0.15, -0.1) is 13.2 Å². The Morgan fingerprint density at radius 3 is 2.67 bits per heavy atom. The molecule has 0 atom stereocenters. The summed E-state index contributed by atoms with van der Waals surface area (Å²) in [6.45, 7) is 1.46. The van der Waals surface area contributed by atoms with Crippen LogP contribution in [0.25, 0.3) is 0 Å². The molecular formula is C10H7F3N2O3. The normalized spacial score (nSPS) is 10.6. The standard InChI is InChI=1S/C10H7F3N2O3/c1-2-17-9(16)7-5-15-4-6(3-14)8(7)18-10(11,12)13/h4-5H,2H2,1H3. The van der Waals surface area contributed by atoms with Gasteiger partial charge in [-0.3, -0.25) is 4.98 Å². The topological polar surface area (TPSA) is 72.2 Å². The molecule has 1 rings (SSSR count). The minimum Gasteiger partial charge on any atom is -0.462 e. The zero-order valence-corrected chi connectivity index (χ0v) is 9.11. The van der Waals surface area contributed by atoms with E-state index in [2.05, 4.69) is 14.5 Å². The summed E-state index contributed by atoms with van der Waals surface area (Å²) in [7, 11) is 0. The summed E-state index contributed by atoms with van der Waals surface area (Å²) in [5, 5.41) is 8.66. The van der Waals surface area contributed by atoms with Gasteiger partial charge in [0.15, 0.2) is 5.75 Å². The van der Waals surface area contributed by atoms with Crippen molar-refractivity contribution in [1.82, 2.24) is 4.98 Å². The number of hydrogen-bond acceptors (Lipinski definition) is 5. The quantitative estimate of drug-likeness (QED) is 0.777. The molecule has 0 aliphatic carbocycles. The number of nitriles is 1. The second kappa shape index (κ2) is 5.35. The molecule has 0 unspecified atom stereocenters. The summed E-state index contributed by atoms with van der Waals surface area (Å²) in [6, 6.07) is 1.46. The van der Waals surface area contributed by atoms with Crippen molar-refractivity contribution in [2.75, 3.05) is 6.61 Å². The van der Waals surface area contributed by atoms with E-state index in [-0.39, 0.29) is 6.61 Å². The van der Waals surface area contributed by atoms with Crippen LogP contribution in [0.3, 0.4) is 0 Å².